The molecule has 1 aromatic heterocycles. The van der Waals surface area contributed by atoms with Crippen LogP contribution in [-0.2, 0) is 29.8 Å². The second-order valence-corrected chi connectivity index (χ2v) is 4.39. The molecule has 0 unspecified atom stereocenters. The molecule has 11 heavy (non-hydrogen) atoms. The molecule has 0 N–H and O–H groups in total. The van der Waals surface area contributed by atoms with Crippen molar-refractivity contribution in [2.24, 2.45) is 14.1 Å². The first-order chi connectivity index (χ1) is 5.09. The predicted molar refractivity (Wildman–Crippen MR) is 43.0 cm³/mol. The zero-order valence-electron chi connectivity index (χ0n) is 7.11. The van der Waals surface area contributed by atoms with E-state index in [1.54, 1.807) is 0 Å². The van der Waals surface area contributed by atoms with Gasteiger partial charge in [-0.2, -0.15) is 0 Å². The number of hydrogen-bond acceptors (Lipinski definition) is 0. The molecule has 0 fully saturated rings. The van der Waals surface area contributed by atoms with Crippen LogP contribution in [0, 0.1) is 17.9 Å². The standard InChI is InChI=1S/C7H12N2.ClH.Rh/c1-6-7(2)9(4)5-8(6)3;;/h1-4H3;1H;/q;;+1/p-1. The van der Waals surface area contributed by atoms with Crippen molar-refractivity contribution in [1.29, 1.82) is 0 Å². The van der Waals surface area contributed by atoms with Gasteiger partial charge in [-0.1, -0.05) is 0 Å². The minimum absolute atomic E-state index is 0.00351. The van der Waals surface area contributed by atoms with Crippen molar-refractivity contribution in [3.05, 3.63) is 15.4 Å². The average Bonchev–Trinajstić information content (AvgIpc) is 2.17. The van der Waals surface area contributed by atoms with E-state index < -0.39 is 0 Å². The molecular formula is C7H12ClN2Rh. The molecular weight excluding hydrogens is 250 g/mol. The molecule has 1 aromatic rings. The fourth-order valence-electron chi connectivity index (χ4n) is 1.06. The third-order valence-corrected chi connectivity index (χ3v) is 4.15. The van der Waals surface area contributed by atoms with Gasteiger partial charge in [-0.15, -0.1) is 0 Å². The van der Waals surface area contributed by atoms with E-state index in [2.05, 4.69) is 37.1 Å². The number of imidazole rings is 1. The normalized spacial score (nSPS) is 11.0. The van der Waals surface area contributed by atoms with Gasteiger partial charge in [-0.25, -0.2) is 0 Å². The summed E-state index contributed by atoms with van der Waals surface area (Å²) in [6.45, 7) is 4.23. The molecule has 0 atom stereocenters. The van der Waals surface area contributed by atoms with E-state index in [0.717, 1.165) is 0 Å². The van der Waals surface area contributed by atoms with Crippen molar-refractivity contribution in [1.82, 2.24) is 9.13 Å². The Morgan fingerprint density at radius 3 is 1.64 bits per heavy atom. The second kappa shape index (κ2) is 3.24. The van der Waals surface area contributed by atoms with Crippen LogP contribution < -0.4 is 0 Å². The van der Waals surface area contributed by atoms with Crippen molar-refractivity contribution in [3.63, 3.8) is 0 Å². The molecule has 4 heteroatoms. The van der Waals surface area contributed by atoms with E-state index in [9.17, 15) is 0 Å². The molecule has 1 rings (SSSR count). The Balaban J connectivity index is 3.63. The number of nitrogens with zero attached hydrogens (tertiary/aromatic N) is 2. The van der Waals surface area contributed by atoms with Crippen LogP contribution in [0.25, 0.3) is 0 Å². The predicted octanol–water partition coefficient (Wildman–Crippen LogP) is 1.75. The molecule has 0 radical (unpaired) electrons. The Hall–Kier alpha value is 0.123. The fraction of sp³-hybridized carbons (Fsp3) is 0.571. The summed E-state index contributed by atoms with van der Waals surface area (Å²) in [5.41, 5.74) is 2.60. The summed E-state index contributed by atoms with van der Waals surface area (Å²) in [4.78, 5) is 0. The molecule has 2 nitrogen and oxygen atoms in total. The van der Waals surface area contributed by atoms with Crippen LogP contribution in [0.15, 0.2) is 0 Å². The Kier molecular flexibility index (Phi) is 2.71. The molecule has 0 spiro atoms. The first kappa shape index (κ1) is 9.21. The summed E-state index contributed by atoms with van der Waals surface area (Å²) in [7, 11) is 9.97. The van der Waals surface area contributed by atoms with Crippen molar-refractivity contribution >= 4 is 9.69 Å². The van der Waals surface area contributed by atoms with Gasteiger partial charge in [0.25, 0.3) is 0 Å². The monoisotopic (exact) mass is 262 g/mol. The van der Waals surface area contributed by atoms with Gasteiger partial charge >= 0.3 is 77.9 Å². The summed E-state index contributed by atoms with van der Waals surface area (Å²) < 4.78 is 5.54. The third-order valence-electron chi connectivity index (χ3n) is 2.11. The van der Waals surface area contributed by atoms with Crippen LogP contribution in [0.4, 0.5) is 0 Å². The Bertz CT molecular complexity index is 306. The first-order valence-electron chi connectivity index (χ1n) is 3.33. The van der Waals surface area contributed by atoms with E-state index >= 15 is 0 Å². The number of halogens is 1. The van der Waals surface area contributed by atoms with Crippen LogP contribution in [0.2, 0.25) is 0 Å². The number of aromatic nitrogens is 2. The van der Waals surface area contributed by atoms with Crippen molar-refractivity contribution in [3.8, 4) is 0 Å². The van der Waals surface area contributed by atoms with Gasteiger partial charge < -0.3 is 0 Å². The molecule has 0 bridgehead atoms. The summed E-state index contributed by atoms with van der Waals surface area (Å²) in [5.74, 6) is 0. The van der Waals surface area contributed by atoms with Gasteiger partial charge in [0.05, 0.1) is 0 Å². The first-order valence-corrected chi connectivity index (χ1v) is 6.26. The number of rotatable bonds is 0. The van der Waals surface area contributed by atoms with Gasteiger partial charge in [0.2, 0.25) is 0 Å². The quantitative estimate of drug-likeness (QED) is 0.631. The van der Waals surface area contributed by atoms with Gasteiger partial charge in [-0.3, -0.25) is 0 Å². The van der Waals surface area contributed by atoms with Crippen LogP contribution in [0.3, 0.4) is 0 Å². The third kappa shape index (κ3) is 1.36. The zero-order valence-corrected chi connectivity index (χ0v) is 9.50. The van der Waals surface area contributed by atoms with Gasteiger partial charge in [0.1, 0.15) is 0 Å². The van der Waals surface area contributed by atoms with Gasteiger partial charge in [0.15, 0.2) is 0 Å². The van der Waals surface area contributed by atoms with Crippen LogP contribution in [0.1, 0.15) is 11.4 Å². The fourth-order valence-corrected chi connectivity index (χ4v) is 3.02. The summed E-state index contributed by atoms with van der Waals surface area (Å²) in [6.07, 6.45) is 0. The zero-order chi connectivity index (χ0) is 8.59. The van der Waals surface area contributed by atoms with Crippen LogP contribution in [-0.4, -0.2) is 9.13 Å². The molecule has 0 aliphatic carbocycles. The summed E-state index contributed by atoms with van der Waals surface area (Å²) in [6, 6.07) is 0. The Morgan fingerprint density at radius 1 is 1.09 bits per heavy atom. The molecule has 66 valence electrons. The number of hydrogen-bond donors (Lipinski definition) is 0. The van der Waals surface area contributed by atoms with E-state index in [4.69, 9.17) is 9.69 Å². The molecule has 0 saturated carbocycles. The maximum atomic E-state index is 5.85. The Labute approximate surface area is 78.0 Å². The maximum absolute atomic E-state index is 5.85. The molecule has 0 aliphatic heterocycles. The average molecular weight is 263 g/mol. The summed E-state index contributed by atoms with van der Waals surface area (Å²) in [5, 5.41) is 0. The van der Waals surface area contributed by atoms with Crippen LogP contribution in [0.5, 0.6) is 0 Å². The van der Waals surface area contributed by atoms with E-state index in [1.165, 1.54) is 15.4 Å². The molecule has 0 aliphatic rings. The second-order valence-electron chi connectivity index (χ2n) is 2.60. The molecule has 0 amide bonds. The van der Waals surface area contributed by atoms with Crippen molar-refractivity contribution < 1.29 is 15.7 Å². The topological polar surface area (TPSA) is 9.86 Å². The Morgan fingerprint density at radius 2 is 1.45 bits per heavy atom. The van der Waals surface area contributed by atoms with Gasteiger partial charge in [-0.05, 0) is 0 Å². The van der Waals surface area contributed by atoms with E-state index in [-0.39, 0.29) is 15.7 Å². The molecule has 1 heterocycles. The SMILES string of the molecule is Cc1c(C)n(C)[c](=[Rh][Cl])n1C. The minimum atomic E-state index is -0.00351. The molecule has 0 aromatic carbocycles. The van der Waals surface area contributed by atoms with Gasteiger partial charge in [0, 0.05) is 0 Å². The molecule has 0 saturated heterocycles. The van der Waals surface area contributed by atoms with Crippen LogP contribution >= 0.6 is 9.69 Å². The van der Waals surface area contributed by atoms with Crippen molar-refractivity contribution in [2.75, 3.05) is 0 Å². The summed E-state index contributed by atoms with van der Waals surface area (Å²) >= 11 is -0.00351. The van der Waals surface area contributed by atoms with E-state index in [1.807, 2.05) is 0 Å². The van der Waals surface area contributed by atoms with E-state index in [0.29, 0.717) is 0 Å². The van der Waals surface area contributed by atoms with Crippen molar-refractivity contribution in [2.45, 2.75) is 13.8 Å².